The van der Waals surface area contributed by atoms with Gasteiger partial charge < -0.3 is 19.3 Å². The summed E-state index contributed by atoms with van der Waals surface area (Å²) in [7, 11) is 0. The van der Waals surface area contributed by atoms with Crippen molar-refractivity contribution in [2.24, 2.45) is 0 Å². The van der Waals surface area contributed by atoms with Gasteiger partial charge in [0.2, 0.25) is 0 Å². The molecule has 2 aliphatic heterocycles. The zero-order chi connectivity index (χ0) is 15.6. The first-order chi connectivity index (χ1) is 9.76. The lowest BCUT2D eigenvalue weighted by Gasteiger charge is -2.39. The van der Waals surface area contributed by atoms with Crippen LogP contribution in [0.4, 0.5) is 4.79 Å². The van der Waals surface area contributed by atoms with E-state index < -0.39 is 23.7 Å². The molecule has 21 heavy (non-hydrogen) atoms. The number of amides is 1. The number of aliphatic carboxylic acids is 1. The number of piperidine rings is 1. The second-order valence-electron chi connectivity index (χ2n) is 6.47. The Balaban J connectivity index is 1.95. The lowest BCUT2D eigenvalue weighted by atomic mass is 9.99. The average molecular weight is 301 g/mol. The minimum Gasteiger partial charge on any atom is -0.480 e. The highest BCUT2D eigenvalue weighted by molar-refractivity contribution is 5.80. The summed E-state index contributed by atoms with van der Waals surface area (Å²) < 4.78 is 16.1. The number of carboxylic acid groups (broad SMARTS) is 1. The predicted molar refractivity (Wildman–Crippen MR) is 73.1 cm³/mol. The third-order valence-electron chi connectivity index (χ3n) is 3.46. The molecule has 0 aromatic carbocycles. The third kappa shape index (κ3) is 4.31. The van der Waals surface area contributed by atoms with E-state index in [9.17, 15) is 14.7 Å². The Morgan fingerprint density at radius 2 is 1.90 bits per heavy atom. The maximum absolute atomic E-state index is 12.1. The second kappa shape index (κ2) is 6.19. The van der Waals surface area contributed by atoms with Crippen molar-refractivity contribution in [2.45, 2.75) is 57.5 Å². The number of ether oxygens (including phenoxy) is 3. The molecule has 2 fully saturated rings. The number of carboxylic acids is 1. The first-order valence-electron chi connectivity index (χ1n) is 7.22. The summed E-state index contributed by atoms with van der Waals surface area (Å²) in [6, 6.07) is -0.903. The molecular formula is C14H23NO6. The molecule has 2 saturated heterocycles. The van der Waals surface area contributed by atoms with Crippen LogP contribution < -0.4 is 0 Å². The van der Waals surface area contributed by atoms with Crippen LogP contribution in [0.25, 0.3) is 0 Å². The van der Waals surface area contributed by atoms with Gasteiger partial charge in [0.15, 0.2) is 0 Å². The third-order valence-corrected chi connectivity index (χ3v) is 3.46. The number of likely N-dealkylation sites (tertiary alicyclic amines) is 1. The quantitative estimate of drug-likeness (QED) is 0.844. The Labute approximate surface area is 124 Å². The lowest BCUT2D eigenvalue weighted by molar-refractivity contribution is -0.172. The fourth-order valence-corrected chi connectivity index (χ4v) is 2.39. The molecule has 1 amide bonds. The van der Waals surface area contributed by atoms with Crippen molar-refractivity contribution in [3.05, 3.63) is 0 Å². The Morgan fingerprint density at radius 1 is 1.24 bits per heavy atom. The van der Waals surface area contributed by atoms with Crippen LogP contribution in [0.2, 0.25) is 0 Å². The normalized spacial score (nSPS) is 27.1. The van der Waals surface area contributed by atoms with Crippen molar-refractivity contribution >= 4 is 12.1 Å². The number of rotatable bonds is 3. The smallest absolute Gasteiger partial charge is 0.411 e. The van der Waals surface area contributed by atoms with Crippen LogP contribution in [0.1, 0.15) is 33.6 Å². The van der Waals surface area contributed by atoms with Crippen molar-refractivity contribution in [3.63, 3.8) is 0 Å². The minimum atomic E-state index is -1.03. The van der Waals surface area contributed by atoms with Crippen LogP contribution in [0.3, 0.4) is 0 Å². The molecule has 0 aromatic rings. The molecule has 2 rings (SSSR count). The first kappa shape index (κ1) is 16.0. The van der Waals surface area contributed by atoms with Crippen molar-refractivity contribution < 1.29 is 28.9 Å². The van der Waals surface area contributed by atoms with Gasteiger partial charge in [-0.15, -0.1) is 0 Å². The van der Waals surface area contributed by atoms with Gasteiger partial charge in [-0.05, 0) is 27.2 Å². The molecule has 0 aromatic heterocycles. The molecule has 0 saturated carbocycles. The molecule has 2 atom stereocenters. The topological polar surface area (TPSA) is 85.3 Å². The van der Waals surface area contributed by atoms with Gasteiger partial charge in [-0.2, -0.15) is 0 Å². The van der Waals surface area contributed by atoms with Gasteiger partial charge in [0.05, 0.1) is 19.3 Å². The number of hydrogen-bond acceptors (Lipinski definition) is 5. The Bertz CT molecular complexity index is 401. The maximum Gasteiger partial charge on any atom is 0.411 e. The molecule has 1 N–H and O–H groups in total. The summed E-state index contributed by atoms with van der Waals surface area (Å²) in [6.07, 6.45) is 0.210. The standard InChI is InChI=1S/C14H23NO6/c1-14(2,3)21-13(18)15-5-4-9(6-11(15)12(16)17)20-10-7-19-8-10/h9-11H,4-8H2,1-3H3,(H,16,17). The van der Waals surface area contributed by atoms with Crippen LogP contribution in [0, 0.1) is 0 Å². The molecule has 7 nitrogen and oxygen atoms in total. The molecule has 120 valence electrons. The van der Waals surface area contributed by atoms with Crippen LogP contribution >= 0.6 is 0 Å². The molecule has 0 spiro atoms. The van der Waals surface area contributed by atoms with E-state index in [1.54, 1.807) is 20.8 Å². The number of carbonyl (C=O) groups excluding carboxylic acids is 1. The second-order valence-corrected chi connectivity index (χ2v) is 6.47. The molecular weight excluding hydrogens is 278 g/mol. The van der Waals surface area contributed by atoms with E-state index in [0.29, 0.717) is 26.2 Å². The summed E-state index contributed by atoms with van der Waals surface area (Å²) in [5, 5.41) is 9.35. The van der Waals surface area contributed by atoms with Gasteiger partial charge in [-0.3, -0.25) is 4.90 Å². The highest BCUT2D eigenvalue weighted by Crippen LogP contribution is 2.25. The summed E-state index contributed by atoms with van der Waals surface area (Å²) in [5.41, 5.74) is -0.642. The Kier molecular flexibility index (Phi) is 4.73. The molecule has 0 aliphatic carbocycles. The number of carbonyl (C=O) groups is 2. The lowest BCUT2D eigenvalue weighted by Crippen LogP contribution is -2.54. The maximum atomic E-state index is 12.1. The van der Waals surface area contributed by atoms with Gasteiger partial charge >= 0.3 is 12.1 Å². The molecule has 2 aliphatic rings. The van der Waals surface area contributed by atoms with E-state index in [2.05, 4.69) is 0 Å². The first-order valence-corrected chi connectivity index (χ1v) is 7.22. The fraction of sp³-hybridized carbons (Fsp3) is 0.857. The van der Waals surface area contributed by atoms with Gasteiger partial charge in [-0.1, -0.05) is 0 Å². The van der Waals surface area contributed by atoms with Gasteiger partial charge in [0.25, 0.3) is 0 Å². The molecule has 7 heteroatoms. The highest BCUT2D eigenvalue weighted by Gasteiger charge is 2.39. The van der Waals surface area contributed by atoms with E-state index in [1.807, 2.05) is 0 Å². The molecule has 2 heterocycles. The molecule has 0 radical (unpaired) electrons. The van der Waals surface area contributed by atoms with Crippen molar-refractivity contribution in [1.29, 1.82) is 0 Å². The summed E-state index contributed by atoms with van der Waals surface area (Å²) in [4.78, 5) is 24.8. The van der Waals surface area contributed by atoms with E-state index in [4.69, 9.17) is 14.2 Å². The Hall–Kier alpha value is -1.34. The van der Waals surface area contributed by atoms with Crippen molar-refractivity contribution in [1.82, 2.24) is 4.90 Å². The van der Waals surface area contributed by atoms with E-state index >= 15 is 0 Å². The van der Waals surface area contributed by atoms with Crippen LogP contribution in [0.15, 0.2) is 0 Å². The monoisotopic (exact) mass is 301 g/mol. The van der Waals surface area contributed by atoms with Crippen LogP contribution in [-0.4, -0.2) is 65.7 Å². The van der Waals surface area contributed by atoms with E-state index in [-0.39, 0.29) is 18.6 Å². The largest absolute Gasteiger partial charge is 0.480 e. The predicted octanol–water partition coefficient (Wildman–Crippen LogP) is 1.25. The van der Waals surface area contributed by atoms with Gasteiger partial charge in [-0.25, -0.2) is 9.59 Å². The van der Waals surface area contributed by atoms with E-state index in [1.165, 1.54) is 4.90 Å². The van der Waals surface area contributed by atoms with Crippen molar-refractivity contribution in [2.75, 3.05) is 19.8 Å². The Morgan fingerprint density at radius 3 is 2.38 bits per heavy atom. The highest BCUT2D eigenvalue weighted by atomic mass is 16.6. The summed E-state index contributed by atoms with van der Waals surface area (Å²) in [5.74, 6) is -1.03. The van der Waals surface area contributed by atoms with Gasteiger partial charge in [0.1, 0.15) is 17.7 Å². The molecule has 0 bridgehead atoms. The summed E-state index contributed by atoms with van der Waals surface area (Å²) >= 11 is 0. The number of hydrogen-bond donors (Lipinski definition) is 1. The van der Waals surface area contributed by atoms with Crippen molar-refractivity contribution in [3.8, 4) is 0 Å². The zero-order valence-electron chi connectivity index (χ0n) is 12.7. The summed E-state index contributed by atoms with van der Waals surface area (Å²) in [6.45, 7) is 6.71. The van der Waals surface area contributed by atoms with E-state index in [0.717, 1.165) is 0 Å². The fourth-order valence-electron chi connectivity index (χ4n) is 2.39. The number of nitrogens with zero attached hydrogens (tertiary/aromatic N) is 1. The average Bonchev–Trinajstić information content (AvgIpc) is 2.31. The minimum absolute atomic E-state index is 0.0533. The van der Waals surface area contributed by atoms with Crippen LogP contribution in [-0.2, 0) is 19.0 Å². The molecule has 2 unspecified atom stereocenters. The SMILES string of the molecule is CC(C)(C)OC(=O)N1CCC(OC2COC2)CC1C(=O)O. The van der Waals surface area contributed by atoms with Gasteiger partial charge in [0, 0.05) is 13.0 Å². The zero-order valence-corrected chi connectivity index (χ0v) is 12.7. The van der Waals surface area contributed by atoms with Crippen LogP contribution in [0.5, 0.6) is 0 Å².